The predicted octanol–water partition coefficient (Wildman–Crippen LogP) is 1.33. The number of primary amides is 1. The summed E-state index contributed by atoms with van der Waals surface area (Å²) >= 11 is 0. The number of nitrogens with zero attached hydrogens (tertiary/aromatic N) is 3. The third kappa shape index (κ3) is 2.32. The normalized spacial score (nSPS) is 19.8. The van der Waals surface area contributed by atoms with Gasteiger partial charge in [-0.1, -0.05) is 36.4 Å². The van der Waals surface area contributed by atoms with Crippen LogP contribution in [0.5, 0.6) is 0 Å². The van der Waals surface area contributed by atoms with E-state index in [1.54, 1.807) is 23.0 Å². The summed E-state index contributed by atoms with van der Waals surface area (Å²) in [6.07, 6.45) is 1.55. The van der Waals surface area contributed by atoms with Gasteiger partial charge in [0.05, 0.1) is 11.9 Å². The quantitative estimate of drug-likeness (QED) is 0.706. The molecule has 1 atom stereocenters. The lowest BCUT2D eigenvalue weighted by atomic mass is 9.72. The molecule has 29 heavy (non-hydrogen) atoms. The van der Waals surface area contributed by atoms with Crippen molar-refractivity contribution >= 4 is 29.2 Å². The predicted molar refractivity (Wildman–Crippen MR) is 106 cm³/mol. The number of hydrogen-bond donors (Lipinski definition) is 2. The van der Waals surface area contributed by atoms with Crippen molar-refractivity contribution in [2.75, 3.05) is 16.8 Å². The molecule has 3 N–H and O–H groups in total. The Morgan fingerprint density at radius 1 is 1.07 bits per heavy atom. The molecule has 0 aliphatic carbocycles. The number of para-hydroxylation sites is 2. The number of aromatic nitrogens is 2. The van der Waals surface area contributed by atoms with Crippen LogP contribution in [0.25, 0.3) is 5.69 Å². The fourth-order valence-electron chi connectivity index (χ4n) is 4.33. The Labute approximate surface area is 165 Å². The van der Waals surface area contributed by atoms with Crippen LogP contribution in [0, 0.1) is 0 Å². The van der Waals surface area contributed by atoms with E-state index in [2.05, 4.69) is 10.4 Å². The topological polar surface area (TPSA) is 110 Å². The molecule has 0 fully saturated rings. The summed E-state index contributed by atoms with van der Waals surface area (Å²) in [6, 6.07) is 16.5. The van der Waals surface area contributed by atoms with Gasteiger partial charge in [0, 0.05) is 17.7 Å². The van der Waals surface area contributed by atoms with Crippen molar-refractivity contribution in [2.45, 2.75) is 11.8 Å². The van der Waals surface area contributed by atoms with Gasteiger partial charge < -0.3 is 16.0 Å². The highest BCUT2D eigenvalue weighted by molar-refractivity contribution is 6.17. The fourth-order valence-corrected chi connectivity index (χ4v) is 4.33. The Bertz CT molecular complexity index is 1170. The minimum Gasteiger partial charge on any atom is -0.368 e. The van der Waals surface area contributed by atoms with E-state index in [-0.39, 0.29) is 24.8 Å². The Balaban J connectivity index is 1.75. The van der Waals surface area contributed by atoms with Crippen LogP contribution in [0.3, 0.4) is 0 Å². The second-order valence-electron chi connectivity index (χ2n) is 7.16. The molecule has 3 amide bonds. The molecule has 0 saturated heterocycles. The van der Waals surface area contributed by atoms with E-state index in [1.165, 1.54) is 4.90 Å². The maximum Gasteiger partial charge on any atom is 0.243 e. The average molecular weight is 387 g/mol. The summed E-state index contributed by atoms with van der Waals surface area (Å²) in [7, 11) is 0. The van der Waals surface area contributed by atoms with E-state index in [1.807, 2.05) is 42.5 Å². The zero-order valence-electron chi connectivity index (χ0n) is 15.3. The first-order valence-electron chi connectivity index (χ1n) is 9.16. The van der Waals surface area contributed by atoms with Gasteiger partial charge in [-0.25, -0.2) is 4.68 Å². The van der Waals surface area contributed by atoms with Crippen LogP contribution >= 0.6 is 0 Å². The van der Waals surface area contributed by atoms with Crippen LogP contribution in [0.15, 0.2) is 60.8 Å². The first-order chi connectivity index (χ1) is 14.0. The smallest absolute Gasteiger partial charge is 0.243 e. The molecule has 8 heteroatoms. The largest absolute Gasteiger partial charge is 0.368 e. The minimum absolute atomic E-state index is 0.0639. The molecule has 1 spiro atoms. The van der Waals surface area contributed by atoms with Crippen LogP contribution in [-0.2, 0) is 19.8 Å². The summed E-state index contributed by atoms with van der Waals surface area (Å²) in [5.74, 6) is -0.803. The second kappa shape index (κ2) is 6.03. The highest BCUT2D eigenvalue weighted by Gasteiger charge is 2.57. The summed E-state index contributed by atoms with van der Waals surface area (Å²) in [5.41, 5.74) is 6.77. The molecule has 0 bridgehead atoms. The Kier molecular flexibility index (Phi) is 3.57. The van der Waals surface area contributed by atoms with Crippen LogP contribution in [0.4, 0.5) is 11.5 Å². The standard InChI is InChI=1S/C21H17N5O3/c22-17(27)12-25-16-9-5-4-8-14(16)21(20(25)29)10-18(28)24-19-15(21)11-23-26(19)13-6-2-1-3-7-13/h1-9,11H,10,12H2,(H2,22,27)(H,24,28)/t21-/m0/s1. The van der Waals surface area contributed by atoms with E-state index in [0.717, 1.165) is 5.69 Å². The van der Waals surface area contributed by atoms with Crippen molar-refractivity contribution in [3.8, 4) is 5.69 Å². The summed E-state index contributed by atoms with van der Waals surface area (Å²) in [5, 5.41) is 7.32. The number of hydrogen-bond acceptors (Lipinski definition) is 4. The monoisotopic (exact) mass is 387 g/mol. The molecule has 1 aromatic heterocycles. The van der Waals surface area contributed by atoms with Crippen LogP contribution in [0.1, 0.15) is 17.5 Å². The van der Waals surface area contributed by atoms with Crippen molar-refractivity contribution in [3.63, 3.8) is 0 Å². The van der Waals surface area contributed by atoms with Gasteiger partial charge in [0.15, 0.2) is 0 Å². The molecule has 0 unspecified atom stereocenters. The van der Waals surface area contributed by atoms with Crippen molar-refractivity contribution in [3.05, 3.63) is 71.9 Å². The lowest BCUT2D eigenvalue weighted by Gasteiger charge is -2.32. The van der Waals surface area contributed by atoms with Gasteiger partial charge in [0.2, 0.25) is 17.7 Å². The zero-order chi connectivity index (χ0) is 20.2. The number of fused-ring (bicyclic) bond motifs is 4. The van der Waals surface area contributed by atoms with Crippen molar-refractivity contribution in [2.24, 2.45) is 5.73 Å². The van der Waals surface area contributed by atoms with E-state index in [0.29, 0.717) is 22.6 Å². The Morgan fingerprint density at radius 3 is 2.55 bits per heavy atom. The van der Waals surface area contributed by atoms with Crippen molar-refractivity contribution < 1.29 is 14.4 Å². The number of carbonyl (C=O) groups excluding carboxylic acids is 3. The highest BCUT2D eigenvalue weighted by Crippen LogP contribution is 2.52. The molecule has 0 radical (unpaired) electrons. The number of amides is 3. The highest BCUT2D eigenvalue weighted by atomic mass is 16.2. The number of benzene rings is 2. The van der Waals surface area contributed by atoms with Gasteiger partial charge in [0.1, 0.15) is 17.8 Å². The van der Waals surface area contributed by atoms with Crippen LogP contribution < -0.4 is 16.0 Å². The average Bonchev–Trinajstić information content (AvgIpc) is 3.23. The van der Waals surface area contributed by atoms with Gasteiger partial charge >= 0.3 is 0 Å². The van der Waals surface area contributed by atoms with E-state index < -0.39 is 11.3 Å². The first kappa shape index (κ1) is 17.2. The molecule has 0 saturated carbocycles. The molecule has 8 nitrogen and oxygen atoms in total. The van der Waals surface area contributed by atoms with Crippen LogP contribution in [0.2, 0.25) is 0 Å². The molecule has 3 heterocycles. The van der Waals surface area contributed by atoms with Gasteiger partial charge in [-0.15, -0.1) is 0 Å². The summed E-state index contributed by atoms with van der Waals surface area (Å²) in [6.45, 7) is -0.249. The third-order valence-corrected chi connectivity index (χ3v) is 5.49. The van der Waals surface area contributed by atoms with E-state index in [9.17, 15) is 14.4 Å². The number of rotatable bonds is 3. The lowest BCUT2D eigenvalue weighted by Crippen LogP contribution is -2.48. The number of nitrogens with two attached hydrogens (primary N) is 1. The molecule has 2 aliphatic rings. The number of anilines is 2. The Morgan fingerprint density at radius 2 is 1.79 bits per heavy atom. The molecule has 3 aromatic rings. The number of nitrogens with one attached hydrogen (secondary N) is 1. The Hall–Kier alpha value is -3.94. The molecule has 2 aromatic carbocycles. The zero-order valence-corrected chi connectivity index (χ0v) is 15.3. The van der Waals surface area contributed by atoms with Gasteiger partial charge in [-0.2, -0.15) is 5.10 Å². The van der Waals surface area contributed by atoms with Crippen molar-refractivity contribution in [1.29, 1.82) is 0 Å². The van der Waals surface area contributed by atoms with Crippen molar-refractivity contribution in [1.82, 2.24) is 9.78 Å². The summed E-state index contributed by atoms with van der Waals surface area (Å²) in [4.78, 5) is 39.3. The SMILES string of the molecule is NC(=O)CN1C(=O)[C@@]2(CC(=O)Nc3c2cnn3-c2ccccc2)c2ccccc21. The maximum atomic E-state index is 13.6. The van der Waals surface area contributed by atoms with Gasteiger partial charge in [0.25, 0.3) is 0 Å². The molecule has 2 aliphatic heterocycles. The molecular weight excluding hydrogens is 370 g/mol. The lowest BCUT2D eigenvalue weighted by molar-refractivity contribution is -0.127. The first-order valence-corrected chi connectivity index (χ1v) is 9.16. The fraction of sp³-hybridized carbons (Fsp3) is 0.143. The summed E-state index contributed by atoms with van der Waals surface area (Å²) < 4.78 is 1.61. The molecular formula is C21H17N5O3. The molecule has 5 rings (SSSR count). The van der Waals surface area contributed by atoms with Gasteiger partial charge in [-0.05, 0) is 23.8 Å². The van der Waals surface area contributed by atoms with E-state index in [4.69, 9.17) is 5.73 Å². The van der Waals surface area contributed by atoms with E-state index >= 15 is 0 Å². The van der Waals surface area contributed by atoms with Gasteiger partial charge in [-0.3, -0.25) is 14.4 Å². The number of carbonyl (C=O) groups is 3. The maximum absolute atomic E-state index is 13.6. The van der Waals surface area contributed by atoms with Crippen LogP contribution in [-0.4, -0.2) is 34.0 Å². The minimum atomic E-state index is -1.24. The molecule has 144 valence electrons. The second-order valence-corrected chi connectivity index (χ2v) is 7.16. The third-order valence-electron chi connectivity index (χ3n) is 5.49.